The van der Waals surface area contributed by atoms with Gasteiger partial charge in [0, 0.05) is 4.90 Å². The van der Waals surface area contributed by atoms with E-state index < -0.39 is 24.3 Å². The molecule has 0 spiro atoms. The highest BCUT2D eigenvalue weighted by atomic mass is 35.5. The molecule has 1 amide bonds. The van der Waals surface area contributed by atoms with Crippen LogP contribution in [0.4, 0.5) is 10.1 Å². The van der Waals surface area contributed by atoms with Crippen molar-refractivity contribution in [3.05, 3.63) is 58.3 Å². The van der Waals surface area contributed by atoms with Crippen molar-refractivity contribution in [1.82, 2.24) is 0 Å². The van der Waals surface area contributed by atoms with Gasteiger partial charge in [-0.25, -0.2) is 4.39 Å². The fourth-order valence-electron chi connectivity index (χ4n) is 1.67. The SMILES string of the molecule is O=C(COC(=O)CSc1ccccc1F)Nc1cccc(Cl)c1Cl. The normalized spacial score (nSPS) is 10.3. The Bertz CT molecular complexity index is 758. The van der Waals surface area contributed by atoms with Crippen molar-refractivity contribution in [2.75, 3.05) is 17.7 Å². The lowest BCUT2D eigenvalue weighted by Gasteiger charge is -2.09. The Morgan fingerprint density at radius 1 is 1.12 bits per heavy atom. The molecule has 0 saturated heterocycles. The molecule has 0 unspecified atom stereocenters. The molecule has 0 radical (unpaired) electrons. The lowest BCUT2D eigenvalue weighted by atomic mass is 10.3. The van der Waals surface area contributed by atoms with E-state index in [1.807, 2.05) is 0 Å². The number of halogens is 3. The first-order valence-corrected chi connectivity index (χ1v) is 8.48. The van der Waals surface area contributed by atoms with Crippen molar-refractivity contribution >= 4 is 52.5 Å². The van der Waals surface area contributed by atoms with Crippen LogP contribution in [0.1, 0.15) is 0 Å². The van der Waals surface area contributed by atoms with E-state index in [2.05, 4.69) is 5.32 Å². The fourth-order valence-corrected chi connectivity index (χ4v) is 2.76. The zero-order chi connectivity index (χ0) is 17.5. The molecular weight excluding hydrogens is 376 g/mol. The third kappa shape index (κ3) is 5.40. The molecule has 2 rings (SSSR count). The Labute approximate surface area is 152 Å². The molecule has 24 heavy (non-hydrogen) atoms. The summed E-state index contributed by atoms with van der Waals surface area (Å²) < 4.78 is 18.2. The van der Waals surface area contributed by atoms with Crippen LogP contribution in [0.25, 0.3) is 0 Å². The van der Waals surface area contributed by atoms with E-state index in [0.29, 0.717) is 15.6 Å². The van der Waals surface area contributed by atoms with Crippen LogP contribution in [0.5, 0.6) is 0 Å². The number of ether oxygens (including phenoxy) is 1. The summed E-state index contributed by atoms with van der Waals surface area (Å²) in [5, 5.41) is 2.99. The Hall–Kier alpha value is -1.76. The summed E-state index contributed by atoms with van der Waals surface area (Å²) in [6, 6.07) is 10.9. The molecule has 8 heteroatoms. The maximum atomic E-state index is 13.4. The largest absolute Gasteiger partial charge is 0.455 e. The highest BCUT2D eigenvalue weighted by molar-refractivity contribution is 8.00. The zero-order valence-corrected chi connectivity index (χ0v) is 14.6. The van der Waals surface area contributed by atoms with Crippen LogP contribution in [-0.2, 0) is 14.3 Å². The summed E-state index contributed by atoms with van der Waals surface area (Å²) in [6.45, 7) is -0.473. The number of carbonyl (C=O) groups is 2. The van der Waals surface area contributed by atoms with Crippen LogP contribution < -0.4 is 5.32 Å². The zero-order valence-electron chi connectivity index (χ0n) is 12.2. The molecule has 0 atom stereocenters. The molecule has 2 aromatic rings. The third-order valence-corrected chi connectivity index (χ3v) is 4.61. The van der Waals surface area contributed by atoms with Gasteiger partial charge in [-0.15, -0.1) is 11.8 Å². The second-order valence-electron chi connectivity index (χ2n) is 4.53. The number of hydrogen-bond donors (Lipinski definition) is 1. The van der Waals surface area contributed by atoms with Crippen LogP contribution in [0, 0.1) is 5.82 Å². The molecule has 4 nitrogen and oxygen atoms in total. The van der Waals surface area contributed by atoms with Crippen molar-refractivity contribution in [2.45, 2.75) is 4.90 Å². The lowest BCUT2D eigenvalue weighted by Crippen LogP contribution is -2.21. The minimum atomic E-state index is -0.629. The number of esters is 1. The number of amides is 1. The standard InChI is InChI=1S/C16H12Cl2FNO3S/c17-10-4-3-6-12(16(10)18)20-14(21)8-23-15(22)9-24-13-7-2-1-5-11(13)19/h1-7H,8-9H2,(H,20,21). The predicted molar refractivity (Wildman–Crippen MR) is 93.2 cm³/mol. The van der Waals surface area contributed by atoms with Gasteiger partial charge in [-0.05, 0) is 24.3 Å². The average Bonchev–Trinajstić information content (AvgIpc) is 2.56. The molecule has 0 aromatic heterocycles. The Morgan fingerprint density at radius 3 is 2.62 bits per heavy atom. The minimum Gasteiger partial charge on any atom is -0.455 e. The molecule has 0 aliphatic carbocycles. The summed E-state index contributed by atoms with van der Waals surface area (Å²) in [7, 11) is 0. The molecule has 126 valence electrons. The molecule has 0 heterocycles. The lowest BCUT2D eigenvalue weighted by molar-refractivity contribution is -0.144. The number of anilines is 1. The minimum absolute atomic E-state index is 0.105. The molecule has 0 saturated carbocycles. The third-order valence-electron chi connectivity index (χ3n) is 2.77. The van der Waals surface area contributed by atoms with Crippen molar-refractivity contribution in [1.29, 1.82) is 0 Å². The Morgan fingerprint density at radius 2 is 1.88 bits per heavy atom. The summed E-state index contributed by atoms with van der Waals surface area (Å²) in [5.41, 5.74) is 0.325. The highest BCUT2D eigenvalue weighted by Gasteiger charge is 2.12. The average molecular weight is 388 g/mol. The number of hydrogen-bond acceptors (Lipinski definition) is 4. The van der Waals surface area contributed by atoms with Crippen LogP contribution >= 0.6 is 35.0 Å². The van der Waals surface area contributed by atoms with Crippen LogP contribution in [0.15, 0.2) is 47.4 Å². The molecule has 0 aliphatic heterocycles. The van der Waals surface area contributed by atoms with E-state index in [9.17, 15) is 14.0 Å². The van der Waals surface area contributed by atoms with E-state index in [-0.39, 0.29) is 10.8 Å². The van der Waals surface area contributed by atoms with Gasteiger partial charge >= 0.3 is 5.97 Å². The number of nitrogens with one attached hydrogen (secondary N) is 1. The van der Waals surface area contributed by atoms with Crippen LogP contribution in [-0.4, -0.2) is 24.2 Å². The van der Waals surface area contributed by atoms with Gasteiger partial charge in [0.15, 0.2) is 6.61 Å². The van der Waals surface area contributed by atoms with Gasteiger partial charge in [-0.2, -0.15) is 0 Å². The first-order valence-electron chi connectivity index (χ1n) is 6.74. The fraction of sp³-hybridized carbons (Fsp3) is 0.125. The summed E-state index contributed by atoms with van der Waals surface area (Å²) in [5.74, 6) is -1.70. The van der Waals surface area contributed by atoms with Gasteiger partial charge in [0.05, 0.1) is 21.5 Å². The smallest absolute Gasteiger partial charge is 0.316 e. The van der Waals surface area contributed by atoms with E-state index >= 15 is 0 Å². The van der Waals surface area contributed by atoms with Gasteiger partial charge in [-0.1, -0.05) is 41.4 Å². The molecule has 0 aliphatic rings. The van der Waals surface area contributed by atoms with Gasteiger partial charge < -0.3 is 10.1 Å². The monoisotopic (exact) mass is 387 g/mol. The quantitative estimate of drug-likeness (QED) is 0.589. The number of benzene rings is 2. The highest BCUT2D eigenvalue weighted by Crippen LogP contribution is 2.29. The van der Waals surface area contributed by atoms with Crippen LogP contribution in [0.2, 0.25) is 10.0 Å². The Kier molecular flexibility index (Phi) is 6.90. The predicted octanol–water partition coefficient (Wildman–Crippen LogP) is 4.41. The number of rotatable bonds is 6. The number of thioether (sulfide) groups is 1. The second-order valence-corrected chi connectivity index (χ2v) is 6.33. The van der Waals surface area contributed by atoms with Crippen molar-refractivity contribution < 1.29 is 18.7 Å². The van der Waals surface area contributed by atoms with E-state index in [1.54, 1.807) is 36.4 Å². The first-order chi connectivity index (χ1) is 11.5. The molecule has 0 fully saturated rings. The van der Waals surface area contributed by atoms with E-state index in [0.717, 1.165) is 11.8 Å². The topological polar surface area (TPSA) is 55.4 Å². The van der Waals surface area contributed by atoms with Crippen molar-refractivity contribution in [3.8, 4) is 0 Å². The Balaban J connectivity index is 1.78. The number of carbonyl (C=O) groups excluding carboxylic acids is 2. The maximum Gasteiger partial charge on any atom is 0.316 e. The molecule has 2 aromatic carbocycles. The van der Waals surface area contributed by atoms with Gasteiger partial charge in [0.1, 0.15) is 5.82 Å². The van der Waals surface area contributed by atoms with Gasteiger partial charge in [-0.3, -0.25) is 9.59 Å². The van der Waals surface area contributed by atoms with Crippen molar-refractivity contribution in [3.63, 3.8) is 0 Å². The summed E-state index contributed by atoms with van der Waals surface area (Å²) in [4.78, 5) is 23.7. The van der Waals surface area contributed by atoms with Crippen molar-refractivity contribution in [2.24, 2.45) is 0 Å². The summed E-state index contributed by atoms with van der Waals surface area (Å²) >= 11 is 12.8. The molecule has 1 N–H and O–H groups in total. The molecular formula is C16H12Cl2FNO3S. The maximum absolute atomic E-state index is 13.4. The van der Waals surface area contributed by atoms with Crippen LogP contribution in [0.3, 0.4) is 0 Å². The summed E-state index contributed by atoms with van der Waals surface area (Å²) in [6.07, 6.45) is 0. The second kappa shape index (κ2) is 8.92. The first kappa shape index (κ1) is 18.6. The van der Waals surface area contributed by atoms with Gasteiger partial charge in [0.2, 0.25) is 0 Å². The van der Waals surface area contributed by atoms with E-state index in [1.165, 1.54) is 6.07 Å². The van der Waals surface area contributed by atoms with E-state index in [4.69, 9.17) is 27.9 Å². The molecule has 0 bridgehead atoms. The van der Waals surface area contributed by atoms with Gasteiger partial charge in [0.25, 0.3) is 5.91 Å².